The van der Waals surface area contributed by atoms with E-state index >= 15 is 0 Å². The first-order valence-electron chi connectivity index (χ1n) is 7.20. The van der Waals surface area contributed by atoms with Gasteiger partial charge in [-0.2, -0.15) is 0 Å². The molecular weight excluding hydrogens is 336 g/mol. The van der Waals surface area contributed by atoms with Gasteiger partial charge < -0.3 is 15.4 Å². The van der Waals surface area contributed by atoms with Crippen LogP contribution in [0.25, 0.3) is 0 Å². The van der Waals surface area contributed by atoms with Crippen LogP contribution < -0.4 is 10.6 Å². The molecule has 7 nitrogen and oxygen atoms in total. The molecule has 132 valence electrons. The highest BCUT2D eigenvalue weighted by molar-refractivity contribution is 6.05. The van der Waals surface area contributed by atoms with E-state index in [4.69, 9.17) is 4.74 Å². The average molecular weight is 351 g/mol. The van der Waals surface area contributed by atoms with E-state index < -0.39 is 28.2 Å². The Morgan fingerprint density at radius 1 is 1.24 bits per heavy atom. The molecule has 0 atom stereocenters. The van der Waals surface area contributed by atoms with Crippen LogP contribution >= 0.6 is 0 Å². The quantitative estimate of drug-likeness (QED) is 0.454. The van der Waals surface area contributed by atoms with Crippen molar-refractivity contribution in [2.24, 2.45) is 0 Å². The van der Waals surface area contributed by atoms with Gasteiger partial charge in [0.15, 0.2) is 0 Å². The largest absolute Gasteiger partial charge is 0.383 e. The summed E-state index contributed by atoms with van der Waals surface area (Å²) >= 11 is 0. The van der Waals surface area contributed by atoms with E-state index in [1.54, 1.807) is 0 Å². The molecule has 25 heavy (non-hydrogen) atoms. The Hall–Kier alpha value is -3.07. The molecule has 2 N–H and O–H groups in total. The van der Waals surface area contributed by atoms with Crippen LogP contribution in [0.1, 0.15) is 10.4 Å². The fourth-order valence-corrected chi connectivity index (χ4v) is 2.06. The van der Waals surface area contributed by atoms with Crippen molar-refractivity contribution in [1.29, 1.82) is 0 Å². The first-order valence-corrected chi connectivity index (χ1v) is 7.20. The number of para-hydroxylation sites is 1. The lowest BCUT2D eigenvalue weighted by Crippen LogP contribution is -2.15. The minimum Gasteiger partial charge on any atom is -0.383 e. The standard InChI is InChI=1S/C16H15F2N3O4/c1-25-8-7-19-13-6-5-10(9-14(13)21(23)24)16(22)20-15-11(17)3-2-4-12(15)18/h2-6,9,19H,7-8H2,1H3,(H,20,22). The summed E-state index contributed by atoms with van der Waals surface area (Å²) in [6.07, 6.45) is 0. The Morgan fingerprint density at radius 3 is 2.52 bits per heavy atom. The van der Waals surface area contributed by atoms with Gasteiger partial charge in [0.05, 0.1) is 11.5 Å². The van der Waals surface area contributed by atoms with Crippen LogP contribution in [-0.4, -0.2) is 31.1 Å². The van der Waals surface area contributed by atoms with Crippen molar-refractivity contribution in [2.45, 2.75) is 0 Å². The minimum absolute atomic E-state index is 0.105. The summed E-state index contributed by atoms with van der Waals surface area (Å²) in [6.45, 7) is 0.676. The number of nitrogens with zero attached hydrogens (tertiary/aromatic N) is 1. The van der Waals surface area contributed by atoms with E-state index in [-0.39, 0.29) is 16.9 Å². The Labute approximate surface area is 141 Å². The molecule has 0 saturated carbocycles. The number of carbonyl (C=O) groups is 1. The maximum atomic E-state index is 13.6. The number of methoxy groups -OCH3 is 1. The Balaban J connectivity index is 2.25. The first kappa shape index (κ1) is 18.3. The number of carbonyl (C=O) groups excluding carboxylic acids is 1. The number of halogens is 2. The Kier molecular flexibility index (Phi) is 5.96. The Morgan fingerprint density at radius 2 is 1.92 bits per heavy atom. The van der Waals surface area contributed by atoms with Gasteiger partial charge in [0, 0.05) is 25.3 Å². The zero-order chi connectivity index (χ0) is 18.4. The van der Waals surface area contributed by atoms with Crippen molar-refractivity contribution >= 4 is 23.0 Å². The first-order chi connectivity index (χ1) is 11.9. The molecule has 2 aromatic rings. The van der Waals surface area contributed by atoms with E-state index in [2.05, 4.69) is 10.6 Å². The average Bonchev–Trinajstić information content (AvgIpc) is 2.58. The highest BCUT2D eigenvalue weighted by Crippen LogP contribution is 2.26. The molecule has 2 aromatic carbocycles. The second-order valence-corrected chi connectivity index (χ2v) is 4.96. The number of benzene rings is 2. The topological polar surface area (TPSA) is 93.5 Å². The van der Waals surface area contributed by atoms with Crippen LogP contribution in [0, 0.1) is 21.7 Å². The number of hydrogen-bond acceptors (Lipinski definition) is 5. The van der Waals surface area contributed by atoms with Gasteiger partial charge in [-0.15, -0.1) is 0 Å². The van der Waals surface area contributed by atoms with Gasteiger partial charge in [-0.1, -0.05) is 6.07 Å². The van der Waals surface area contributed by atoms with Crippen LogP contribution in [0.2, 0.25) is 0 Å². The second kappa shape index (κ2) is 8.15. The summed E-state index contributed by atoms with van der Waals surface area (Å²) in [5.41, 5.74) is -0.850. The molecule has 0 radical (unpaired) electrons. The number of hydrogen-bond donors (Lipinski definition) is 2. The Bertz CT molecular complexity index is 779. The van der Waals surface area contributed by atoms with Gasteiger partial charge in [0.1, 0.15) is 23.0 Å². The van der Waals surface area contributed by atoms with Crippen molar-refractivity contribution in [2.75, 3.05) is 30.9 Å². The molecule has 0 aromatic heterocycles. The number of nitrogens with one attached hydrogen (secondary N) is 2. The smallest absolute Gasteiger partial charge is 0.293 e. The van der Waals surface area contributed by atoms with Crippen molar-refractivity contribution in [3.8, 4) is 0 Å². The number of ether oxygens (including phenoxy) is 1. The number of nitro groups is 1. The van der Waals surface area contributed by atoms with E-state index in [1.807, 2.05) is 0 Å². The molecule has 0 saturated heterocycles. The maximum absolute atomic E-state index is 13.6. The third-order valence-corrected chi connectivity index (χ3v) is 3.28. The van der Waals surface area contributed by atoms with Gasteiger partial charge in [-0.3, -0.25) is 14.9 Å². The summed E-state index contributed by atoms with van der Waals surface area (Å²) in [6, 6.07) is 6.83. The van der Waals surface area contributed by atoms with Crippen molar-refractivity contribution in [3.05, 3.63) is 63.7 Å². The lowest BCUT2D eigenvalue weighted by Gasteiger charge is -2.10. The lowest BCUT2D eigenvalue weighted by atomic mass is 10.1. The van der Waals surface area contributed by atoms with E-state index in [0.29, 0.717) is 13.2 Å². The van der Waals surface area contributed by atoms with Crippen LogP contribution in [-0.2, 0) is 4.74 Å². The molecule has 0 heterocycles. The van der Waals surface area contributed by atoms with E-state index in [1.165, 1.54) is 19.2 Å². The number of rotatable bonds is 7. The molecule has 0 unspecified atom stereocenters. The number of amides is 1. The maximum Gasteiger partial charge on any atom is 0.293 e. The highest BCUT2D eigenvalue weighted by Gasteiger charge is 2.19. The molecule has 0 aliphatic heterocycles. The fourth-order valence-electron chi connectivity index (χ4n) is 2.06. The summed E-state index contributed by atoms with van der Waals surface area (Å²) in [7, 11) is 1.49. The van der Waals surface area contributed by atoms with Crippen LogP contribution in [0.5, 0.6) is 0 Å². The predicted octanol–water partition coefficient (Wildman–Crippen LogP) is 3.18. The molecule has 1 amide bonds. The lowest BCUT2D eigenvalue weighted by molar-refractivity contribution is -0.384. The van der Waals surface area contributed by atoms with E-state index in [9.17, 15) is 23.7 Å². The molecular formula is C16H15F2N3O4. The summed E-state index contributed by atoms with van der Waals surface area (Å²) in [4.78, 5) is 22.7. The molecule has 9 heteroatoms. The third-order valence-electron chi connectivity index (χ3n) is 3.28. The molecule has 0 aliphatic rings. The van der Waals surface area contributed by atoms with Gasteiger partial charge in [0.25, 0.3) is 11.6 Å². The minimum atomic E-state index is -0.944. The normalized spacial score (nSPS) is 10.4. The van der Waals surface area contributed by atoms with Crippen molar-refractivity contribution < 1.29 is 23.2 Å². The van der Waals surface area contributed by atoms with Crippen molar-refractivity contribution in [3.63, 3.8) is 0 Å². The molecule has 0 spiro atoms. The van der Waals surface area contributed by atoms with Crippen LogP contribution in [0.3, 0.4) is 0 Å². The number of nitro benzene ring substituents is 1. The zero-order valence-corrected chi connectivity index (χ0v) is 13.2. The number of anilines is 2. The predicted molar refractivity (Wildman–Crippen MR) is 87.8 cm³/mol. The third kappa shape index (κ3) is 4.48. The molecule has 0 aliphatic carbocycles. The SMILES string of the molecule is COCCNc1ccc(C(=O)Nc2c(F)cccc2F)cc1[N+](=O)[O-]. The monoisotopic (exact) mass is 351 g/mol. The van der Waals surface area contributed by atoms with Gasteiger partial charge in [-0.05, 0) is 24.3 Å². The summed E-state index contributed by atoms with van der Waals surface area (Å²) in [5.74, 6) is -2.75. The fraction of sp³-hybridized carbons (Fsp3) is 0.188. The van der Waals surface area contributed by atoms with Crippen LogP contribution in [0.15, 0.2) is 36.4 Å². The molecule has 0 fully saturated rings. The molecule has 2 rings (SSSR count). The van der Waals surface area contributed by atoms with Gasteiger partial charge in [0.2, 0.25) is 0 Å². The van der Waals surface area contributed by atoms with Crippen LogP contribution in [0.4, 0.5) is 25.8 Å². The zero-order valence-electron chi connectivity index (χ0n) is 13.2. The summed E-state index contributed by atoms with van der Waals surface area (Å²) in [5, 5.41) is 16.1. The summed E-state index contributed by atoms with van der Waals surface area (Å²) < 4.78 is 32.0. The second-order valence-electron chi connectivity index (χ2n) is 4.96. The highest BCUT2D eigenvalue weighted by atomic mass is 19.1. The van der Waals surface area contributed by atoms with Gasteiger partial charge in [-0.25, -0.2) is 8.78 Å². The molecule has 0 bridgehead atoms. The van der Waals surface area contributed by atoms with E-state index in [0.717, 1.165) is 24.3 Å². The van der Waals surface area contributed by atoms with Gasteiger partial charge >= 0.3 is 0 Å². The van der Waals surface area contributed by atoms with Crippen molar-refractivity contribution in [1.82, 2.24) is 0 Å².